The van der Waals surface area contributed by atoms with Gasteiger partial charge in [-0.2, -0.15) is 5.10 Å². The fourth-order valence-electron chi connectivity index (χ4n) is 3.51. The molecule has 1 atom stereocenters. The number of fused-ring (bicyclic) bond motifs is 1. The third-order valence-corrected chi connectivity index (χ3v) is 5.09. The largest absolute Gasteiger partial charge is 0.248 e. The van der Waals surface area contributed by atoms with Gasteiger partial charge in [-0.25, -0.2) is 9.67 Å². The van der Waals surface area contributed by atoms with E-state index in [1.54, 1.807) is 6.33 Å². The number of hydrogen-bond acceptors (Lipinski definition) is 2. The molecule has 2 aromatic rings. The van der Waals surface area contributed by atoms with Gasteiger partial charge in [-0.3, -0.25) is 0 Å². The Hall–Kier alpha value is -1.35. The topological polar surface area (TPSA) is 30.7 Å². The molecule has 1 aromatic heterocycles. The SMILES string of the molecule is CC(C)n1ncnc1CC1(CCl)CCCc2ccccc21. The zero-order chi connectivity index (χ0) is 14.9. The molecule has 0 aliphatic heterocycles. The van der Waals surface area contributed by atoms with Gasteiger partial charge in [0.25, 0.3) is 0 Å². The summed E-state index contributed by atoms with van der Waals surface area (Å²) in [4.78, 5) is 4.49. The number of rotatable bonds is 4. The number of alkyl halides is 1. The number of nitrogens with zero attached hydrogens (tertiary/aromatic N) is 3. The summed E-state index contributed by atoms with van der Waals surface area (Å²) in [5.74, 6) is 1.68. The summed E-state index contributed by atoms with van der Waals surface area (Å²) in [5.41, 5.74) is 2.85. The van der Waals surface area contributed by atoms with Crippen LogP contribution in [0.2, 0.25) is 0 Å². The fourth-order valence-corrected chi connectivity index (χ4v) is 3.88. The number of benzene rings is 1. The van der Waals surface area contributed by atoms with Gasteiger partial charge in [0.1, 0.15) is 12.2 Å². The van der Waals surface area contributed by atoms with Gasteiger partial charge < -0.3 is 0 Å². The van der Waals surface area contributed by atoms with Crippen molar-refractivity contribution >= 4 is 11.6 Å². The zero-order valence-electron chi connectivity index (χ0n) is 12.7. The van der Waals surface area contributed by atoms with E-state index in [2.05, 4.69) is 48.2 Å². The number of halogens is 1. The first-order valence-electron chi connectivity index (χ1n) is 7.69. The monoisotopic (exact) mass is 303 g/mol. The maximum absolute atomic E-state index is 6.46. The molecule has 0 fully saturated rings. The van der Waals surface area contributed by atoms with Crippen LogP contribution in [0.4, 0.5) is 0 Å². The summed E-state index contributed by atoms with van der Waals surface area (Å²) >= 11 is 6.46. The lowest BCUT2D eigenvalue weighted by atomic mass is 9.69. The lowest BCUT2D eigenvalue weighted by Crippen LogP contribution is -2.36. The molecule has 1 aromatic carbocycles. The van der Waals surface area contributed by atoms with E-state index >= 15 is 0 Å². The van der Waals surface area contributed by atoms with E-state index in [0.29, 0.717) is 11.9 Å². The second-order valence-electron chi connectivity index (χ2n) is 6.32. The molecule has 3 nitrogen and oxygen atoms in total. The normalized spacial score (nSPS) is 21.5. The molecule has 1 aliphatic carbocycles. The van der Waals surface area contributed by atoms with Gasteiger partial charge in [0.2, 0.25) is 0 Å². The lowest BCUT2D eigenvalue weighted by Gasteiger charge is -2.37. The van der Waals surface area contributed by atoms with Crippen LogP contribution in [-0.4, -0.2) is 20.6 Å². The van der Waals surface area contributed by atoms with Crippen molar-refractivity contribution in [2.24, 2.45) is 0 Å². The second kappa shape index (κ2) is 5.80. The Kier molecular flexibility index (Phi) is 4.03. The van der Waals surface area contributed by atoms with Crippen molar-refractivity contribution in [2.45, 2.75) is 51.0 Å². The molecule has 112 valence electrons. The standard InChI is InChI=1S/C17H22ClN3/c1-13(2)21-16(19-12-20-21)10-17(11-18)9-5-7-14-6-3-4-8-15(14)17/h3-4,6,8,12-13H,5,7,9-11H2,1-2H3. The van der Waals surface area contributed by atoms with Crippen LogP contribution in [0.1, 0.15) is 49.7 Å². The van der Waals surface area contributed by atoms with Crippen LogP contribution in [-0.2, 0) is 18.3 Å². The zero-order valence-corrected chi connectivity index (χ0v) is 13.5. The average molecular weight is 304 g/mol. The van der Waals surface area contributed by atoms with E-state index in [9.17, 15) is 0 Å². The van der Waals surface area contributed by atoms with Crippen molar-refractivity contribution < 1.29 is 0 Å². The molecule has 0 bridgehead atoms. The lowest BCUT2D eigenvalue weighted by molar-refractivity contribution is 0.372. The van der Waals surface area contributed by atoms with Crippen molar-refractivity contribution in [3.63, 3.8) is 0 Å². The predicted octanol–water partition coefficient (Wildman–Crippen LogP) is 3.91. The van der Waals surface area contributed by atoms with E-state index in [1.807, 2.05) is 4.68 Å². The molecule has 0 amide bonds. The molecular formula is C17H22ClN3. The van der Waals surface area contributed by atoms with Gasteiger partial charge in [0, 0.05) is 23.8 Å². The minimum Gasteiger partial charge on any atom is -0.248 e. The summed E-state index contributed by atoms with van der Waals surface area (Å²) < 4.78 is 2.02. The van der Waals surface area contributed by atoms with Crippen LogP contribution in [0.25, 0.3) is 0 Å². The highest BCUT2D eigenvalue weighted by molar-refractivity contribution is 6.18. The Balaban J connectivity index is 2.00. The van der Waals surface area contributed by atoms with Crippen molar-refractivity contribution in [1.82, 2.24) is 14.8 Å². The Morgan fingerprint density at radius 2 is 2.14 bits per heavy atom. The maximum Gasteiger partial charge on any atom is 0.138 e. The molecule has 1 heterocycles. The number of aromatic nitrogens is 3. The maximum atomic E-state index is 6.46. The molecular weight excluding hydrogens is 282 g/mol. The van der Waals surface area contributed by atoms with Crippen LogP contribution in [0.5, 0.6) is 0 Å². The van der Waals surface area contributed by atoms with Crippen LogP contribution in [0, 0.1) is 0 Å². The third kappa shape index (κ3) is 2.59. The van der Waals surface area contributed by atoms with Crippen molar-refractivity contribution in [3.8, 4) is 0 Å². The van der Waals surface area contributed by atoms with Crippen LogP contribution in [0.15, 0.2) is 30.6 Å². The molecule has 0 saturated heterocycles. The highest BCUT2D eigenvalue weighted by atomic mass is 35.5. The molecule has 4 heteroatoms. The summed E-state index contributed by atoms with van der Waals surface area (Å²) in [6.07, 6.45) is 6.00. The molecule has 1 unspecified atom stereocenters. The van der Waals surface area contributed by atoms with Crippen LogP contribution < -0.4 is 0 Å². The van der Waals surface area contributed by atoms with Gasteiger partial charge >= 0.3 is 0 Å². The van der Waals surface area contributed by atoms with E-state index in [0.717, 1.165) is 25.1 Å². The minimum absolute atomic E-state index is 0.00390. The molecule has 3 rings (SSSR count). The van der Waals surface area contributed by atoms with E-state index in [1.165, 1.54) is 17.5 Å². The van der Waals surface area contributed by atoms with Crippen LogP contribution in [0.3, 0.4) is 0 Å². The Labute approximate surface area is 131 Å². The van der Waals surface area contributed by atoms with Gasteiger partial charge in [-0.05, 0) is 44.2 Å². The molecule has 0 spiro atoms. The predicted molar refractivity (Wildman–Crippen MR) is 85.9 cm³/mol. The summed E-state index contributed by atoms with van der Waals surface area (Å²) in [7, 11) is 0. The summed E-state index contributed by atoms with van der Waals surface area (Å²) in [6.45, 7) is 4.28. The van der Waals surface area contributed by atoms with E-state index in [-0.39, 0.29) is 5.41 Å². The average Bonchev–Trinajstić information content (AvgIpc) is 2.96. The molecule has 0 saturated carbocycles. The fraction of sp³-hybridized carbons (Fsp3) is 0.529. The van der Waals surface area contributed by atoms with E-state index < -0.39 is 0 Å². The highest BCUT2D eigenvalue weighted by Gasteiger charge is 2.37. The molecule has 0 radical (unpaired) electrons. The second-order valence-corrected chi connectivity index (χ2v) is 6.58. The Bertz CT molecular complexity index is 620. The molecule has 0 N–H and O–H groups in total. The number of aryl methyl sites for hydroxylation is 1. The molecule has 21 heavy (non-hydrogen) atoms. The van der Waals surface area contributed by atoms with Gasteiger partial charge in [0.15, 0.2) is 0 Å². The summed E-state index contributed by atoms with van der Waals surface area (Å²) in [5, 5.41) is 4.37. The van der Waals surface area contributed by atoms with Crippen molar-refractivity contribution in [3.05, 3.63) is 47.5 Å². The van der Waals surface area contributed by atoms with Crippen molar-refractivity contribution in [1.29, 1.82) is 0 Å². The molecule has 1 aliphatic rings. The van der Waals surface area contributed by atoms with E-state index in [4.69, 9.17) is 11.6 Å². The quantitative estimate of drug-likeness (QED) is 0.802. The summed E-state index contributed by atoms with van der Waals surface area (Å²) in [6, 6.07) is 9.06. The van der Waals surface area contributed by atoms with Gasteiger partial charge in [-0.1, -0.05) is 24.3 Å². The first-order chi connectivity index (χ1) is 10.2. The third-order valence-electron chi connectivity index (χ3n) is 4.58. The highest BCUT2D eigenvalue weighted by Crippen LogP contribution is 2.40. The first kappa shape index (κ1) is 14.6. The van der Waals surface area contributed by atoms with Crippen molar-refractivity contribution in [2.75, 3.05) is 5.88 Å². The Morgan fingerprint density at radius 1 is 1.33 bits per heavy atom. The minimum atomic E-state index is -0.00390. The smallest absolute Gasteiger partial charge is 0.138 e. The van der Waals surface area contributed by atoms with Crippen LogP contribution >= 0.6 is 11.6 Å². The number of hydrogen-bond donors (Lipinski definition) is 0. The first-order valence-corrected chi connectivity index (χ1v) is 8.22. The Morgan fingerprint density at radius 3 is 2.90 bits per heavy atom. The van der Waals surface area contributed by atoms with Gasteiger partial charge in [-0.15, -0.1) is 11.6 Å². The van der Waals surface area contributed by atoms with Gasteiger partial charge in [0.05, 0.1) is 0 Å².